The molecule has 0 amide bonds. The van der Waals surface area contributed by atoms with Crippen LogP contribution in [0, 0.1) is 5.92 Å². The lowest BCUT2D eigenvalue weighted by atomic mass is 9.99. The molecule has 0 fully saturated rings. The lowest BCUT2D eigenvalue weighted by Gasteiger charge is -2.16. The van der Waals surface area contributed by atoms with Gasteiger partial charge in [0.05, 0.1) is 25.2 Å². The van der Waals surface area contributed by atoms with E-state index in [4.69, 9.17) is 26.2 Å². The third kappa shape index (κ3) is 2.79. The fourth-order valence-corrected chi connectivity index (χ4v) is 1.82. The lowest BCUT2D eigenvalue weighted by Crippen LogP contribution is -2.13. The number of rotatable bonds is 5. The summed E-state index contributed by atoms with van der Waals surface area (Å²) in [6, 6.07) is 1.42. The van der Waals surface area contributed by atoms with Gasteiger partial charge >= 0.3 is 5.97 Å². The van der Waals surface area contributed by atoms with Crippen LogP contribution in [0.2, 0.25) is 5.02 Å². The standard InChI is InChI=1S/C12H15ClO5/c1-6(12(15)16)4-7-10(14)8(13)5-9(17-2)11(7)18-3/h5-6,14H,4H2,1-3H3,(H,15,16). The van der Waals surface area contributed by atoms with Crippen LogP contribution in [0.5, 0.6) is 17.2 Å². The molecule has 0 aliphatic heterocycles. The molecule has 0 spiro atoms. The highest BCUT2D eigenvalue weighted by molar-refractivity contribution is 6.32. The monoisotopic (exact) mass is 274 g/mol. The van der Waals surface area contributed by atoms with Crippen molar-refractivity contribution < 1.29 is 24.5 Å². The van der Waals surface area contributed by atoms with E-state index in [9.17, 15) is 9.90 Å². The number of hydrogen-bond donors (Lipinski definition) is 2. The summed E-state index contributed by atoms with van der Waals surface area (Å²) in [5.74, 6) is -1.16. The van der Waals surface area contributed by atoms with E-state index >= 15 is 0 Å². The minimum Gasteiger partial charge on any atom is -0.506 e. The second-order valence-electron chi connectivity index (χ2n) is 3.86. The number of aliphatic carboxylic acids is 1. The molecule has 6 heteroatoms. The van der Waals surface area contributed by atoms with Crippen LogP contribution < -0.4 is 9.47 Å². The average molecular weight is 275 g/mol. The van der Waals surface area contributed by atoms with Gasteiger partial charge in [0.25, 0.3) is 0 Å². The van der Waals surface area contributed by atoms with Gasteiger partial charge < -0.3 is 19.7 Å². The molecule has 100 valence electrons. The number of hydrogen-bond acceptors (Lipinski definition) is 4. The first-order valence-electron chi connectivity index (χ1n) is 5.27. The predicted octanol–water partition coefficient (Wildman–Crippen LogP) is 2.33. The Morgan fingerprint density at radius 1 is 1.44 bits per heavy atom. The zero-order valence-corrected chi connectivity index (χ0v) is 11.1. The molecule has 1 aromatic rings. The second-order valence-corrected chi connectivity index (χ2v) is 4.27. The number of carboxylic acids is 1. The van der Waals surface area contributed by atoms with Crippen LogP contribution in [0.25, 0.3) is 0 Å². The molecule has 18 heavy (non-hydrogen) atoms. The highest BCUT2D eigenvalue weighted by Crippen LogP contribution is 2.43. The predicted molar refractivity (Wildman–Crippen MR) is 66.7 cm³/mol. The minimum atomic E-state index is -0.963. The number of methoxy groups -OCH3 is 2. The Kier molecular flexibility index (Phi) is 4.67. The number of phenolic OH excluding ortho intramolecular Hbond substituents is 1. The van der Waals surface area contributed by atoms with Crippen molar-refractivity contribution in [1.82, 2.24) is 0 Å². The molecule has 0 bridgehead atoms. The first-order chi connectivity index (χ1) is 8.42. The summed E-state index contributed by atoms with van der Waals surface area (Å²) in [5.41, 5.74) is 0.330. The molecule has 0 aliphatic rings. The molecule has 1 rings (SSSR count). The minimum absolute atomic E-state index is 0.0974. The van der Waals surface area contributed by atoms with Crippen LogP contribution >= 0.6 is 11.6 Å². The number of carboxylic acid groups (broad SMARTS) is 1. The molecular weight excluding hydrogens is 260 g/mol. The summed E-state index contributed by atoms with van der Waals surface area (Å²) < 4.78 is 10.2. The normalized spacial score (nSPS) is 12.0. The van der Waals surface area contributed by atoms with E-state index in [1.807, 2.05) is 0 Å². The molecule has 0 aliphatic carbocycles. The van der Waals surface area contributed by atoms with Crippen molar-refractivity contribution >= 4 is 17.6 Å². The quantitative estimate of drug-likeness (QED) is 0.862. The van der Waals surface area contributed by atoms with E-state index < -0.39 is 11.9 Å². The van der Waals surface area contributed by atoms with Crippen LogP contribution in [0.15, 0.2) is 6.07 Å². The van der Waals surface area contributed by atoms with E-state index in [0.29, 0.717) is 17.1 Å². The Morgan fingerprint density at radius 3 is 2.50 bits per heavy atom. The Labute approximate surface area is 110 Å². The molecule has 1 unspecified atom stereocenters. The summed E-state index contributed by atoms with van der Waals surface area (Å²) in [7, 11) is 2.86. The summed E-state index contributed by atoms with van der Waals surface area (Å²) >= 11 is 5.86. The Hall–Kier alpha value is -1.62. The largest absolute Gasteiger partial charge is 0.506 e. The fraction of sp³-hybridized carbons (Fsp3) is 0.417. The van der Waals surface area contributed by atoms with Gasteiger partial charge in [-0.05, 0) is 6.42 Å². The van der Waals surface area contributed by atoms with Crippen molar-refractivity contribution in [2.45, 2.75) is 13.3 Å². The van der Waals surface area contributed by atoms with Crippen LogP contribution in [-0.2, 0) is 11.2 Å². The number of halogens is 1. The highest BCUT2D eigenvalue weighted by atomic mass is 35.5. The van der Waals surface area contributed by atoms with Crippen molar-refractivity contribution in [3.8, 4) is 17.2 Å². The zero-order chi connectivity index (χ0) is 13.9. The van der Waals surface area contributed by atoms with Gasteiger partial charge in [0.1, 0.15) is 5.75 Å². The summed E-state index contributed by atoms with van der Waals surface area (Å²) in [5, 5.41) is 18.9. The highest BCUT2D eigenvalue weighted by Gasteiger charge is 2.22. The topological polar surface area (TPSA) is 76.0 Å². The summed E-state index contributed by atoms with van der Waals surface area (Å²) in [6.07, 6.45) is 0.0985. The van der Waals surface area contributed by atoms with E-state index in [2.05, 4.69) is 0 Å². The number of carbonyl (C=O) groups is 1. The van der Waals surface area contributed by atoms with Gasteiger partial charge in [0.2, 0.25) is 0 Å². The van der Waals surface area contributed by atoms with Crippen molar-refractivity contribution in [3.63, 3.8) is 0 Å². The van der Waals surface area contributed by atoms with Gasteiger partial charge in [0.15, 0.2) is 11.5 Å². The lowest BCUT2D eigenvalue weighted by molar-refractivity contribution is -0.141. The molecule has 0 saturated heterocycles. The van der Waals surface area contributed by atoms with E-state index in [-0.39, 0.29) is 17.2 Å². The van der Waals surface area contributed by atoms with Crippen molar-refractivity contribution in [3.05, 3.63) is 16.7 Å². The molecule has 0 aromatic heterocycles. The number of ether oxygens (including phenoxy) is 2. The van der Waals surface area contributed by atoms with Gasteiger partial charge in [-0.1, -0.05) is 18.5 Å². The van der Waals surface area contributed by atoms with E-state index in [0.717, 1.165) is 0 Å². The zero-order valence-electron chi connectivity index (χ0n) is 10.4. The van der Waals surface area contributed by atoms with Crippen molar-refractivity contribution in [1.29, 1.82) is 0 Å². The fourth-order valence-electron chi connectivity index (χ4n) is 1.61. The smallest absolute Gasteiger partial charge is 0.306 e. The summed E-state index contributed by atoms with van der Waals surface area (Å²) in [6.45, 7) is 1.54. The van der Waals surface area contributed by atoms with Crippen molar-refractivity contribution in [2.24, 2.45) is 5.92 Å². The SMILES string of the molecule is COc1cc(Cl)c(O)c(CC(C)C(=O)O)c1OC. The van der Waals surface area contributed by atoms with Gasteiger partial charge in [-0.25, -0.2) is 0 Å². The molecule has 5 nitrogen and oxygen atoms in total. The van der Waals surface area contributed by atoms with Crippen molar-refractivity contribution in [2.75, 3.05) is 14.2 Å². The first kappa shape index (κ1) is 14.4. The molecule has 0 heterocycles. The third-order valence-electron chi connectivity index (χ3n) is 2.62. The Balaban J connectivity index is 3.30. The molecule has 1 aromatic carbocycles. The maximum atomic E-state index is 10.9. The molecule has 0 radical (unpaired) electrons. The Bertz CT molecular complexity index is 458. The molecular formula is C12H15ClO5. The van der Waals surface area contributed by atoms with Crippen LogP contribution in [-0.4, -0.2) is 30.4 Å². The third-order valence-corrected chi connectivity index (χ3v) is 2.91. The number of phenols is 1. The Morgan fingerprint density at radius 2 is 2.06 bits per heavy atom. The maximum Gasteiger partial charge on any atom is 0.306 e. The second kappa shape index (κ2) is 5.82. The van der Waals surface area contributed by atoms with Gasteiger partial charge in [-0.2, -0.15) is 0 Å². The molecule has 0 saturated carbocycles. The van der Waals surface area contributed by atoms with E-state index in [1.165, 1.54) is 27.2 Å². The van der Waals surface area contributed by atoms with Crippen LogP contribution in [0.3, 0.4) is 0 Å². The van der Waals surface area contributed by atoms with Crippen LogP contribution in [0.4, 0.5) is 0 Å². The van der Waals surface area contributed by atoms with Gasteiger partial charge in [-0.3, -0.25) is 4.79 Å². The maximum absolute atomic E-state index is 10.9. The summed E-state index contributed by atoms with van der Waals surface area (Å²) in [4.78, 5) is 10.9. The first-order valence-corrected chi connectivity index (χ1v) is 5.65. The van der Waals surface area contributed by atoms with Gasteiger partial charge in [0, 0.05) is 11.6 Å². The van der Waals surface area contributed by atoms with Gasteiger partial charge in [-0.15, -0.1) is 0 Å². The number of benzene rings is 1. The number of aromatic hydroxyl groups is 1. The molecule has 1 atom stereocenters. The van der Waals surface area contributed by atoms with Crippen LogP contribution in [0.1, 0.15) is 12.5 Å². The molecule has 2 N–H and O–H groups in total. The van der Waals surface area contributed by atoms with E-state index in [1.54, 1.807) is 0 Å². The average Bonchev–Trinajstić information content (AvgIpc) is 2.34.